The van der Waals surface area contributed by atoms with Crippen molar-refractivity contribution in [3.05, 3.63) is 40.9 Å². The normalized spacial score (nSPS) is 12.9. The van der Waals surface area contributed by atoms with Crippen LogP contribution in [-0.2, 0) is 6.54 Å². The van der Waals surface area contributed by atoms with E-state index in [9.17, 15) is 4.79 Å². The maximum atomic E-state index is 12.1. The summed E-state index contributed by atoms with van der Waals surface area (Å²) in [4.78, 5) is 16.3. The van der Waals surface area contributed by atoms with Gasteiger partial charge >= 0.3 is 0 Å². The van der Waals surface area contributed by atoms with Crippen LogP contribution in [0.4, 0.5) is 0 Å². The van der Waals surface area contributed by atoms with Crippen molar-refractivity contribution >= 4 is 22.5 Å². The lowest BCUT2D eigenvalue weighted by atomic mass is 10.2. The first-order chi connectivity index (χ1) is 7.72. The highest BCUT2D eigenvalue weighted by Gasteiger charge is 2.06. The standard InChI is InChI=1S/C12H13ClN2O/c1-9(6-13)7-15-8-14-11-5-3-2-4-10(11)12(15)16/h2-5,8-9H,6-7H2,1H3. The smallest absolute Gasteiger partial charge is 0.261 e. The third-order valence-corrected chi connectivity index (χ3v) is 3.03. The predicted molar refractivity (Wildman–Crippen MR) is 65.9 cm³/mol. The van der Waals surface area contributed by atoms with E-state index in [-0.39, 0.29) is 11.5 Å². The van der Waals surface area contributed by atoms with E-state index < -0.39 is 0 Å². The van der Waals surface area contributed by atoms with Crippen LogP contribution in [0.3, 0.4) is 0 Å². The number of rotatable bonds is 3. The van der Waals surface area contributed by atoms with Crippen LogP contribution in [0.2, 0.25) is 0 Å². The van der Waals surface area contributed by atoms with Gasteiger partial charge in [-0.1, -0.05) is 19.1 Å². The van der Waals surface area contributed by atoms with Crippen LogP contribution in [-0.4, -0.2) is 15.4 Å². The molecule has 0 spiro atoms. The molecule has 2 aromatic rings. The zero-order valence-corrected chi connectivity index (χ0v) is 9.81. The van der Waals surface area contributed by atoms with E-state index >= 15 is 0 Å². The molecule has 0 aliphatic heterocycles. The lowest BCUT2D eigenvalue weighted by Gasteiger charge is -2.10. The van der Waals surface area contributed by atoms with Gasteiger partial charge in [-0.25, -0.2) is 4.98 Å². The van der Waals surface area contributed by atoms with Crippen molar-refractivity contribution in [3.8, 4) is 0 Å². The lowest BCUT2D eigenvalue weighted by Crippen LogP contribution is -2.24. The monoisotopic (exact) mass is 236 g/mol. The van der Waals surface area contributed by atoms with E-state index in [1.165, 1.54) is 0 Å². The number of alkyl halides is 1. The van der Waals surface area contributed by atoms with Gasteiger partial charge in [0.25, 0.3) is 5.56 Å². The van der Waals surface area contributed by atoms with E-state index in [4.69, 9.17) is 11.6 Å². The Morgan fingerprint density at radius 1 is 1.44 bits per heavy atom. The van der Waals surface area contributed by atoms with Gasteiger partial charge in [0.05, 0.1) is 17.2 Å². The molecule has 0 saturated carbocycles. The van der Waals surface area contributed by atoms with E-state index in [0.717, 1.165) is 5.52 Å². The minimum Gasteiger partial charge on any atom is -0.298 e. The third kappa shape index (κ3) is 2.09. The Hall–Kier alpha value is -1.35. The molecule has 1 atom stereocenters. The number of fused-ring (bicyclic) bond motifs is 1. The fourth-order valence-corrected chi connectivity index (χ4v) is 1.72. The number of halogens is 1. The van der Waals surface area contributed by atoms with Crippen molar-refractivity contribution in [2.75, 3.05) is 5.88 Å². The Bertz CT molecular complexity index is 550. The van der Waals surface area contributed by atoms with E-state index in [1.54, 1.807) is 17.0 Å². The fraction of sp³-hybridized carbons (Fsp3) is 0.333. The van der Waals surface area contributed by atoms with Gasteiger partial charge in [0, 0.05) is 12.4 Å². The number of nitrogens with zero attached hydrogens (tertiary/aromatic N) is 2. The molecule has 2 rings (SSSR count). The van der Waals surface area contributed by atoms with Crippen molar-refractivity contribution in [1.29, 1.82) is 0 Å². The van der Waals surface area contributed by atoms with Crippen LogP contribution in [0, 0.1) is 5.92 Å². The van der Waals surface area contributed by atoms with Gasteiger partial charge < -0.3 is 0 Å². The van der Waals surface area contributed by atoms with Gasteiger partial charge in [0.15, 0.2) is 0 Å². The van der Waals surface area contributed by atoms with Crippen molar-refractivity contribution in [2.45, 2.75) is 13.5 Å². The molecule has 4 heteroatoms. The number of para-hydroxylation sites is 1. The van der Waals surface area contributed by atoms with Crippen molar-refractivity contribution in [2.24, 2.45) is 5.92 Å². The third-order valence-electron chi connectivity index (χ3n) is 2.50. The summed E-state index contributed by atoms with van der Waals surface area (Å²) in [5, 5.41) is 0.659. The summed E-state index contributed by atoms with van der Waals surface area (Å²) in [6.45, 7) is 2.62. The van der Waals surface area contributed by atoms with E-state index in [1.807, 2.05) is 25.1 Å². The summed E-state index contributed by atoms with van der Waals surface area (Å²) in [5.41, 5.74) is 0.741. The average molecular weight is 237 g/mol. The first kappa shape index (κ1) is 11.1. The second kappa shape index (κ2) is 4.66. The minimum absolute atomic E-state index is 0.00238. The van der Waals surface area contributed by atoms with E-state index in [2.05, 4.69) is 4.98 Å². The highest BCUT2D eigenvalue weighted by molar-refractivity contribution is 6.18. The molecule has 0 N–H and O–H groups in total. The summed E-state index contributed by atoms with van der Waals surface area (Å²) in [6, 6.07) is 7.36. The molecule has 0 radical (unpaired) electrons. The maximum absolute atomic E-state index is 12.1. The first-order valence-corrected chi connectivity index (χ1v) is 5.76. The van der Waals surface area contributed by atoms with Crippen LogP contribution >= 0.6 is 11.6 Å². The lowest BCUT2D eigenvalue weighted by molar-refractivity contribution is 0.513. The van der Waals surface area contributed by atoms with E-state index in [0.29, 0.717) is 17.8 Å². The SMILES string of the molecule is CC(CCl)Cn1cnc2ccccc2c1=O. The van der Waals surface area contributed by atoms with Gasteiger partial charge in [-0.3, -0.25) is 9.36 Å². The molecule has 1 aromatic carbocycles. The van der Waals surface area contributed by atoms with Gasteiger partial charge in [-0.2, -0.15) is 0 Å². The molecule has 1 heterocycles. The summed E-state index contributed by atoms with van der Waals surface area (Å²) >= 11 is 5.74. The predicted octanol–water partition coefficient (Wildman–Crippen LogP) is 2.27. The molecule has 0 aliphatic rings. The summed E-state index contributed by atoms with van der Waals surface area (Å²) in [7, 11) is 0. The molecule has 0 fully saturated rings. The molecule has 0 saturated heterocycles. The zero-order chi connectivity index (χ0) is 11.5. The molecule has 16 heavy (non-hydrogen) atoms. The molecule has 0 aliphatic carbocycles. The Kier molecular flexibility index (Phi) is 3.25. The largest absolute Gasteiger partial charge is 0.298 e. The van der Waals surface area contributed by atoms with Crippen molar-refractivity contribution < 1.29 is 0 Å². The van der Waals surface area contributed by atoms with Crippen LogP contribution in [0.15, 0.2) is 35.4 Å². The summed E-state index contributed by atoms with van der Waals surface area (Å²) in [5.74, 6) is 0.807. The average Bonchev–Trinajstić information content (AvgIpc) is 2.33. The molecular weight excluding hydrogens is 224 g/mol. The highest BCUT2D eigenvalue weighted by atomic mass is 35.5. The Morgan fingerprint density at radius 2 is 2.19 bits per heavy atom. The molecule has 84 valence electrons. The number of benzene rings is 1. The Labute approximate surface area is 98.7 Å². The molecule has 0 amide bonds. The molecule has 0 bridgehead atoms. The summed E-state index contributed by atoms with van der Waals surface area (Å²) in [6.07, 6.45) is 1.59. The molecular formula is C12H13ClN2O. The number of aromatic nitrogens is 2. The Balaban J connectivity index is 2.49. The second-order valence-corrected chi connectivity index (χ2v) is 4.29. The van der Waals surface area contributed by atoms with Gasteiger partial charge in [0.1, 0.15) is 0 Å². The Morgan fingerprint density at radius 3 is 2.94 bits per heavy atom. The van der Waals surface area contributed by atoms with Gasteiger partial charge in [0.2, 0.25) is 0 Å². The number of hydrogen-bond acceptors (Lipinski definition) is 2. The quantitative estimate of drug-likeness (QED) is 0.767. The molecule has 3 nitrogen and oxygen atoms in total. The van der Waals surface area contributed by atoms with Crippen LogP contribution < -0.4 is 5.56 Å². The zero-order valence-electron chi connectivity index (χ0n) is 9.06. The number of hydrogen-bond donors (Lipinski definition) is 0. The molecule has 1 aromatic heterocycles. The topological polar surface area (TPSA) is 34.9 Å². The minimum atomic E-state index is 0.00238. The molecule has 1 unspecified atom stereocenters. The van der Waals surface area contributed by atoms with Crippen LogP contribution in [0.5, 0.6) is 0 Å². The second-order valence-electron chi connectivity index (χ2n) is 3.98. The van der Waals surface area contributed by atoms with Crippen LogP contribution in [0.25, 0.3) is 10.9 Å². The van der Waals surface area contributed by atoms with Crippen molar-refractivity contribution in [3.63, 3.8) is 0 Å². The van der Waals surface area contributed by atoms with Gasteiger partial charge in [-0.15, -0.1) is 11.6 Å². The fourth-order valence-electron chi connectivity index (χ4n) is 1.62. The van der Waals surface area contributed by atoms with Crippen molar-refractivity contribution in [1.82, 2.24) is 9.55 Å². The first-order valence-electron chi connectivity index (χ1n) is 5.22. The highest BCUT2D eigenvalue weighted by Crippen LogP contribution is 2.06. The summed E-state index contributed by atoms with van der Waals surface area (Å²) < 4.78 is 1.62. The van der Waals surface area contributed by atoms with Crippen LogP contribution in [0.1, 0.15) is 6.92 Å². The maximum Gasteiger partial charge on any atom is 0.261 e. The van der Waals surface area contributed by atoms with Gasteiger partial charge in [-0.05, 0) is 18.1 Å².